The minimum atomic E-state index is -0.165. The van der Waals surface area contributed by atoms with Gasteiger partial charge in [0.1, 0.15) is 0 Å². The third-order valence-electron chi connectivity index (χ3n) is 4.55. The minimum absolute atomic E-state index is 0.0226. The SMILES string of the molecule is CNCCC(=O)Nc1ccc(CCN2CCC(C(N)=O)CC2)cc1. The number of hydrogen-bond acceptors (Lipinski definition) is 4. The Morgan fingerprint density at radius 2 is 1.88 bits per heavy atom. The predicted molar refractivity (Wildman–Crippen MR) is 95.7 cm³/mol. The lowest BCUT2D eigenvalue weighted by atomic mass is 9.96. The van der Waals surface area contributed by atoms with Gasteiger partial charge in [-0.2, -0.15) is 0 Å². The van der Waals surface area contributed by atoms with Crippen molar-refractivity contribution in [1.82, 2.24) is 10.2 Å². The summed E-state index contributed by atoms with van der Waals surface area (Å²) in [5.74, 6) is -0.0940. The van der Waals surface area contributed by atoms with Gasteiger partial charge >= 0.3 is 0 Å². The molecule has 0 unspecified atom stereocenters. The van der Waals surface area contributed by atoms with Crippen LogP contribution in [-0.2, 0) is 16.0 Å². The average molecular weight is 332 g/mol. The number of nitrogens with one attached hydrogen (secondary N) is 2. The molecule has 1 aliphatic heterocycles. The zero-order valence-electron chi connectivity index (χ0n) is 14.4. The largest absolute Gasteiger partial charge is 0.369 e. The Morgan fingerprint density at radius 1 is 1.21 bits per heavy atom. The number of carbonyl (C=O) groups is 2. The average Bonchev–Trinajstić information content (AvgIpc) is 2.59. The van der Waals surface area contributed by atoms with E-state index in [1.165, 1.54) is 5.56 Å². The van der Waals surface area contributed by atoms with Crippen LogP contribution in [-0.4, -0.2) is 49.9 Å². The predicted octanol–water partition coefficient (Wildman–Crippen LogP) is 0.974. The monoisotopic (exact) mass is 332 g/mol. The van der Waals surface area contributed by atoms with Crippen LogP contribution in [0, 0.1) is 5.92 Å². The van der Waals surface area contributed by atoms with Gasteiger partial charge in [0.25, 0.3) is 0 Å². The van der Waals surface area contributed by atoms with Gasteiger partial charge in [0, 0.05) is 31.1 Å². The molecule has 0 spiro atoms. The Morgan fingerprint density at radius 3 is 2.46 bits per heavy atom. The van der Waals surface area contributed by atoms with Crippen LogP contribution in [0.2, 0.25) is 0 Å². The molecule has 2 rings (SSSR count). The third-order valence-corrected chi connectivity index (χ3v) is 4.55. The third kappa shape index (κ3) is 5.94. The molecule has 132 valence electrons. The molecule has 0 atom stereocenters. The van der Waals surface area contributed by atoms with Gasteiger partial charge in [0.05, 0.1) is 0 Å². The van der Waals surface area contributed by atoms with Crippen LogP contribution in [0.5, 0.6) is 0 Å². The maximum Gasteiger partial charge on any atom is 0.225 e. The van der Waals surface area contributed by atoms with Gasteiger partial charge in [-0.1, -0.05) is 12.1 Å². The van der Waals surface area contributed by atoms with E-state index in [0.29, 0.717) is 13.0 Å². The summed E-state index contributed by atoms with van der Waals surface area (Å²) in [6.45, 7) is 3.54. The van der Waals surface area contributed by atoms with Gasteiger partial charge in [-0.25, -0.2) is 0 Å². The second-order valence-corrected chi connectivity index (χ2v) is 6.37. The molecule has 0 aromatic heterocycles. The van der Waals surface area contributed by atoms with Gasteiger partial charge in [0.2, 0.25) is 11.8 Å². The Bertz CT molecular complexity index is 536. The second-order valence-electron chi connectivity index (χ2n) is 6.37. The first-order valence-corrected chi connectivity index (χ1v) is 8.63. The van der Waals surface area contributed by atoms with E-state index >= 15 is 0 Å². The number of nitrogens with zero attached hydrogens (tertiary/aromatic N) is 1. The molecule has 6 nitrogen and oxygen atoms in total. The van der Waals surface area contributed by atoms with Crippen LogP contribution in [0.25, 0.3) is 0 Å². The van der Waals surface area contributed by atoms with E-state index in [1.807, 2.05) is 19.2 Å². The first kappa shape index (κ1) is 18.4. The van der Waals surface area contributed by atoms with Crippen molar-refractivity contribution in [2.75, 3.05) is 38.5 Å². The van der Waals surface area contributed by atoms with Crippen LogP contribution < -0.4 is 16.4 Å². The lowest BCUT2D eigenvalue weighted by Crippen LogP contribution is -2.39. The quantitative estimate of drug-likeness (QED) is 0.662. The van der Waals surface area contributed by atoms with E-state index < -0.39 is 0 Å². The number of benzene rings is 1. The summed E-state index contributed by atoms with van der Waals surface area (Å²) < 4.78 is 0. The Balaban J connectivity index is 1.72. The first-order chi connectivity index (χ1) is 11.6. The molecule has 0 bridgehead atoms. The molecule has 1 aromatic carbocycles. The lowest BCUT2D eigenvalue weighted by molar-refractivity contribution is -0.123. The van der Waals surface area contributed by atoms with Crippen molar-refractivity contribution in [2.45, 2.75) is 25.7 Å². The van der Waals surface area contributed by atoms with E-state index in [-0.39, 0.29) is 17.7 Å². The second kappa shape index (κ2) is 9.39. The van der Waals surface area contributed by atoms with Crippen LogP contribution in [0.1, 0.15) is 24.8 Å². The molecule has 0 radical (unpaired) electrons. The van der Waals surface area contributed by atoms with Crippen molar-refractivity contribution in [3.63, 3.8) is 0 Å². The highest BCUT2D eigenvalue weighted by molar-refractivity contribution is 5.90. The number of nitrogens with two attached hydrogens (primary N) is 1. The van der Waals surface area contributed by atoms with Crippen molar-refractivity contribution in [3.05, 3.63) is 29.8 Å². The summed E-state index contributed by atoms with van der Waals surface area (Å²) in [6, 6.07) is 8.02. The molecule has 6 heteroatoms. The fraction of sp³-hybridized carbons (Fsp3) is 0.556. The van der Waals surface area contributed by atoms with Crippen LogP contribution in [0.15, 0.2) is 24.3 Å². The van der Waals surface area contributed by atoms with E-state index in [2.05, 4.69) is 27.7 Å². The molecule has 0 saturated carbocycles. The molecule has 0 aliphatic carbocycles. The van der Waals surface area contributed by atoms with Crippen LogP contribution in [0.3, 0.4) is 0 Å². The van der Waals surface area contributed by atoms with Crippen LogP contribution in [0.4, 0.5) is 5.69 Å². The highest BCUT2D eigenvalue weighted by Gasteiger charge is 2.22. The molecule has 24 heavy (non-hydrogen) atoms. The molecule has 1 saturated heterocycles. The summed E-state index contributed by atoms with van der Waals surface area (Å²) in [5, 5.41) is 5.85. The van der Waals surface area contributed by atoms with E-state index in [1.54, 1.807) is 0 Å². The first-order valence-electron chi connectivity index (χ1n) is 8.63. The van der Waals surface area contributed by atoms with E-state index in [0.717, 1.165) is 44.6 Å². The summed E-state index contributed by atoms with van der Waals surface area (Å²) in [7, 11) is 1.83. The smallest absolute Gasteiger partial charge is 0.225 e. The fourth-order valence-electron chi connectivity index (χ4n) is 2.95. The molecule has 1 aromatic rings. The van der Waals surface area contributed by atoms with Crippen molar-refractivity contribution >= 4 is 17.5 Å². The topological polar surface area (TPSA) is 87.5 Å². The molecular formula is C18H28N4O2. The van der Waals surface area contributed by atoms with Crippen molar-refractivity contribution < 1.29 is 9.59 Å². The maximum atomic E-state index is 11.7. The summed E-state index contributed by atoms with van der Waals surface area (Å²) >= 11 is 0. The maximum absolute atomic E-state index is 11.7. The number of carbonyl (C=O) groups excluding carboxylic acids is 2. The minimum Gasteiger partial charge on any atom is -0.369 e. The van der Waals surface area contributed by atoms with E-state index in [4.69, 9.17) is 5.73 Å². The van der Waals surface area contributed by atoms with Crippen molar-refractivity contribution in [3.8, 4) is 0 Å². The van der Waals surface area contributed by atoms with Crippen molar-refractivity contribution in [2.24, 2.45) is 11.7 Å². The molecule has 1 fully saturated rings. The van der Waals surface area contributed by atoms with E-state index in [9.17, 15) is 9.59 Å². The number of primary amides is 1. The molecule has 2 amide bonds. The highest BCUT2D eigenvalue weighted by atomic mass is 16.2. The van der Waals surface area contributed by atoms with Gasteiger partial charge < -0.3 is 21.3 Å². The molecule has 1 aliphatic rings. The summed E-state index contributed by atoms with van der Waals surface area (Å²) in [5.41, 5.74) is 7.45. The summed E-state index contributed by atoms with van der Waals surface area (Å²) in [6.07, 6.45) is 3.18. The number of amides is 2. The van der Waals surface area contributed by atoms with Gasteiger partial charge in [-0.15, -0.1) is 0 Å². The van der Waals surface area contributed by atoms with Crippen molar-refractivity contribution in [1.29, 1.82) is 0 Å². The molecule has 4 N–H and O–H groups in total. The number of anilines is 1. The lowest BCUT2D eigenvalue weighted by Gasteiger charge is -2.30. The number of likely N-dealkylation sites (tertiary alicyclic amines) is 1. The zero-order valence-corrected chi connectivity index (χ0v) is 14.4. The fourth-order valence-corrected chi connectivity index (χ4v) is 2.95. The Kier molecular flexibility index (Phi) is 7.21. The van der Waals surface area contributed by atoms with Gasteiger partial charge in [0.15, 0.2) is 0 Å². The Hall–Kier alpha value is -1.92. The highest BCUT2D eigenvalue weighted by Crippen LogP contribution is 2.17. The molecule has 1 heterocycles. The van der Waals surface area contributed by atoms with Gasteiger partial charge in [-0.05, 0) is 57.1 Å². The standard InChI is InChI=1S/C18H28N4O2/c1-20-10-6-17(23)21-16-4-2-14(3-5-16)7-11-22-12-8-15(9-13-22)18(19)24/h2-5,15,20H,6-13H2,1H3,(H2,19,24)(H,21,23). The summed E-state index contributed by atoms with van der Waals surface area (Å²) in [4.78, 5) is 25.2. The number of hydrogen-bond donors (Lipinski definition) is 3. The Labute approximate surface area is 143 Å². The van der Waals surface area contributed by atoms with Gasteiger partial charge in [-0.3, -0.25) is 9.59 Å². The zero-order chi connectivity index (χ0) is 17.4. The number of piperidine rings is 1. The number of rotatable bonds is 8. The normalized spacial score (nSPS) is 16.0. The molecular weight excluding hydrogens is 304 g/mol. The van der Waals surface area contributed by atoms with Crippen LogP contribution >= 0.6 is 0 Å².